The summed E-state index contributed by atoms with van der Waals surface area (Å²) in [6.45, 7) is 4.46. The average Bonchev–Trinajstić information content (AvgIpc) is 2.28. The van der Waals surface area contributed by atoms with Crippen molar-refractivity contribution in [3.8, 4) is 11.1 Å². The van der Waals surface area contributed by atoms with E-state index in [4.69, 9.17) is 5.73 Å². The van der Waals surface area contributed by atoms with Crippen molar-refractivity contribution in [1.82, 2.24) is 0 Å². The molecule has 0 spiro atoms. The van der Waals surface area contributed by atoms with Gasteiger partial charge in [-0.05, 0) is 37.1 Å². The van der Waals surface area contributed by atoms with Crippen molar-refractivity contribution in [3.63, 3.8) is 0 Å². The predicted molar refractivity (Wildman–Crippen MR) is 69.2 cm³/mol. The average molecular weight is 229 g/mol. The van der Waals surface area contributed by atoms with Crippen LogP contribution in [0.25, 0.3) is 11.1 Å². The Labute approximate surface area is 101 Å². The molecule has 0 aromatic heterocycles. The van der Waals surface area contributed by atoms with Crippen LogP contribution in [-0.4, -0.2) is 0 Å². The van der Waals surface area contributed by atoms with Gasteiger partial charge in [0.2, 0.25) is 0 Å². The molecule has 0 unspecified atom stereocenters. The maximum atomic E-state index is 13.8. The van der Waals surface area contributed by atoms with Crippen LogP contribution in [0, 0.1) is 19.7 Å². The summed E-state index contributed by atoms with van der Waals surface area (Å²) in [4.78, 5) is 0. The summed E-state index contributed by atoms with van der Waals surface area (Å²) >= 11 is 0. The van der Waals surface area contributed by atoms with Crippen molar-refractivity contribution in [2.24, 2.45) is 5.73 Å². The molecule has 0 saturated heterocycles. The molecule has 2 aromatic rings. The zero-order chi connectivity index (χ0) is 12.4. The summed E-state index contributed by atoms with van der Waals surface area (Å²) in [5.74, 6) is -0.202. The Bertz CT molecular complexity index is 526. The van der Waals surface area contributed by atoms with Crippen LogP contribution < -0.4 is 5.73 Å². The Morgan fingerprint density at radius 1 is 1.00 bits per heavy atom. The Morgan fingerprint density at radius 3 is 2.24 bits per heavy atom. The van der Waals surface area contributed by atoms with Gasteiger partial charge >= 0.3 is 0 Å². The van der Waals surface area contributed by atoms with Crippen molar-refractivity contribution >= 4 is 0 Å². The van der Waals surface area contributed by atoms with Gasteiger partial charge in [-0.15, -0.1) is 0 Å². The van der Waals surface area contributed by atoms with E-state index in [0.29, 0.717) is 12.1 Å². The molecule has 1 nitrogen and oxygen atoms in total. The van der Waals surface area contributed by atoms with E-state index in [1.807, 2.05) is 32.0 Å². The fourth-order valence-electron chi connectivity index (χ4n) is 2.05. The molecule has 2 rings (SSSR count). The van der Waals surface area contributed by atoms with Crippen molar-refractivity contribution in [1.29, 1.82) is 0 Å². The molecule has 0 heterocycles. The van der Waals surface area contributed by atoms with E-state index < -0.39 is 0 Å². The number of benzene rings is 2. The lowest BCUT2D eigenvalue weighted by molar-refractivity contribution is 0.630. The Balaban J connectivity index is 2.58. The van der Waals surface area contributed by atoms with Crippen molar-refractivity contribution in [2.75, 3.05) is 0 Å². The predicted octanol–water partition coefficient (Wildman–Crippen LogP) is 3.57. The van der Waals surface area contributed by atoms with E-state index in [1.165, 1.54) is 6.07 Å². The highest BCUT2D eigenvalue weighted by molar-refractivity contribution is 5.66. The maximum absolute atomic E-state index is 13.8. The van der Waals surface area contributed by atoms with Gasteiger partial charge in [0, 0.05) is 12.1 Å². The number of hydrogen-bond acceptors (Lipinski definition) is 1. The second-order valence-electron chi connectivity index (χ2n) is 4.39. The van der Waals surface area contributed by atoms with Crippen molar-refractivity contribution < 1.29 is 4.39 Å². The van der Waals surface area contributed by atoms with Crippen LogP contribution >= 0.6 is 0 Å². The van der Waals surface area contributed by atoms with Gasteiger partial charge in [0.05, 0.1) is 0 Å². The molecule has 0 aliphatic carbocycles. The van der Waals surface area contributed by atoms with Crippen LogP contribution in [0.1, 0.15) is 16.7 Å². The van der Waals surface area contributed by atoms with Gasteiger partial charge in [0.25, 0.3) is 0 Å². The molecule has 0 aliphatic heterocycles. The van der Waals surface area contributed by atoms with E-state index in [0.717, 1.165) is 22.3 Å². The first-order valence-corrected chi connectivity index (χ1v) is 5.67. The van der Waals surface area contributed by atoms with E-state index in [9.17, 15) is 4.39 Å². The Morgan fingerprint density at radius 2 is 1.65 bits per heavy atom. The molecule has 0 amide bonds. The van der Waals surface area contributed by atoms with Crippen molar-refractivity contribution in [2.45, 2.75) is 20.4 Å². The van der Waals surface area contributed by atoms with E-state index in [-0.39, 0.29) is 5.82 Å². The van der Waals surface area contributed by atoms with E-state index in [2.05, 4.69) is 6.07 Å². The smallest absolute Gasteiger partial charge is 0.131 e. The summed E-state index contributed by atoms with van der Waals surface area (Å²) in [7, 11) is 0. The summed E-state index contributed by atoms with van der Waals surface area (Å²) in [5, 5.41) is 0. The highest BCUT2D eigenvalue weighted by atomic mass is 19.1. The van der Waals surface area contributed by atoms with Gasteiger partial charge in [0.15, 0.2) is 0 Å². The molecule has 0 aliphatic rings. The molecule has 0 bridgehead atoms. The first-order chi connectivity index (χ1) is 8.10. The minimum absolute atomic E-state index is 0.202. The molecule has 0 fully saturated rings. The van der Waals surface area contributed by atoms with Gasteiger partial charge in [-0.25, -0.2) is 4.39 Å². The lowest BCUT2D eigenvalue weighted by Gasteiger charge is -2.08. The molecule has 0 radical (unpaired) electrons. The lowest BCUT2D eigenvalue weighted by Crippen LogP contribution is -1.97. The second kappa shape index (κ2) is 4.68. The molecule has 88 valence electrons. The number of halogens is 1. The summed E-state index contributed by atoms with van der Waals surface area (Å²) in [6, 6.07) is 11.1. The second-order valence-corrected chi connectivity index (χ2v) is 4.39. The van der Waals surface area contributed by atoms with Crippen LogP contribution in [0.15, 0.2) is 36.4 Å². The van der Waals surface area contributed by atoms with Gasteiger partial charge in [-0.3, -0.25) is 0 Å². The van der Waals surface area contributed by atoms with Crippen molar-refractivity contribution in [3.05, 3.63) is 58.9 Å². The molecule has 2 aromatic carbocycles. The normalized spacial score (nSPS) is 10.6. The quantitative estimate of drug-likeness (QED) is 0.837. The van der Waals surface area contributed by atoms with Gasteiger partial charge in [-0.2, -0.15) is 0 Å². The topological polar surface area (TPSA) is 26.0 Å². The standard InChI is InChI=1S/C15H16FN/c1-10-5-11(2)7-13(6-10)14-8-12(9-17)3-4-15(14)16/h3-8H,9,17H2,1-2H3. The number of hydrogen-bond donors (Lipinski definition) is 1. The van der Waals surface area contributed by atoms with E-state index in [1.54, 1.807) is 6.07 Å². The van der Waals surface area contributed by atoms with Gasteiger partial charge in [0.1, 0.15) is 5.82 Å². The van der Waals surface area contributed by atoms with Gasteiger partial charge in [-0.1, -0.05) is 35.4 Å². The van der Waals surface area contributed by atoms with Crippen LogP contribution in [0.5, 0.6) is 0 Å². The fraction of sp³-hybridized carbons (Fsp3) is 0.200. The third-order valence-corrected chi connectivity index (χ3v) is 2.80. The highest BCUT2D eigenvalue weighted by Crippen LogP contribution is 2.26. The zero-order valence-corrected chi connectivity index (χ0v) is 10.1. The zero-order valence-electron chi connectivity index (χ0n) is 10.1. The summed E-state index contributed by atoms with van der Waals surface area (Å²) in [5.41, 5.74) is 10.3. The number of rotatable bonds is 2. The third kappa shape index (κ3) is 2.53. The fourth-order valence-corrected chi connectivity index (χ4v) is 2.05. The summed E-state index contributed by atoms with van der Waals surface area (Å²) < 4.78 is 13.8. The molecule has 17 heavy (non-hydrogen) atoms. The van der Waals surface area contributed by atoms with Crippen LogP contribution in [0.2, 0.25) is 0 Å². The molecule has 0 atom stereocenters. The van der Waals surface area contributed by atoms with Gasteiger partial charge < -0.3 is 5.73 Å². The maximum Gasteiger partial charge on any atom is 0.131 e. The molecular weight excluding hydrogens is 213 g/mol. The number of nitrogens with two attached hydrogens (primary N) is 1. The molecular formula is C15H16FN. The SMILES string of the molecule is Cc1cc(C)cc(-c2cc(CN)ccc2F)c1. The van der Waals surface area contributed by atoms with Crippen LogP contribution in [-0.2, 0) is 6.54 Å². The molecule has 0 saturated carbocycles. The first-order valence-electron chi connectivity index (χ1n) is 5.67. The Kier molecular flexibility index (Phi) is 3.25. The molecule has 2 heteroatoms. The minimum Gasteiger partial charge on any atom is -0.326 e. The third-order valence-electron chi connectivity index (χ3n) is 2.80. The largest absolute Gasteiger partial charge is 0.326 e. The monoisotopic (exact) mass is 229 g/mol. The Hall–Kier alpha value is -1.67. The minimum atomic E-state index is -0.202. The van der Waals surface area contributed by atoms with E-state index >= 15 is 0 Å². The van der Waals surface area contributed by atoms with Crippen LogP contribution in [0.3, 0.4) is 0 Å². The highest BCUT2D eigenvalue weighted by Gasteiger charge is 2.06. The molecule has 2 N–H and O–H groups in total. The lowest BCUT2D eigenvalue weighted by atomic mass is 9.99. The first kappa shape index (κ1) is 11.8. The number of aryl methyl sites for hydroxylation is 2. The van der Waals surface area contributed by atoms with Crippen LogP contribution in [0.4, 0.5) is 4.39 Å². The summed E-state index contributed by atoms with van der Waals surface area (Å²) in [6.07, 6.45) is 0.